The highest BCUT2D eigenvalue weighted by Gasteiger charge is 2.24. The summed E-state index contributed by atoms with van der Waals surface area (Å²) >= 11 is 0. The number of amides is 1. The number of rotatable bonds is 7. The SMILES string of the molecule is CCN(CC)c1ccc(C(=O)N2CCN(Cc3nc(-c4ccc(C)cc4)no3)CC2)cn1. The summed E-state index contributed by atoms with van der Waals surface area (Å²) in [6, 6.07) is 11.9. The van der Waals surface area contributed by atoms with Crippen molar-refractivity contribution in [1.29, 1.82) is 0 Å². The van der Waals surface area contributed by atoms with E-state index in [0.29, 0.717) is 36.9 Å². The Balaban J connectivity index is 1.30. The Labute approximate surface area is 188 Å². The fourth-order valence-corrected chi connectivity index (χ4v) is 3.87. The van der Waals surface area contributed by atoms with Crippen LogP contribution in [0.3, 0.4) is 0 Å². The lowest BCUT2D eigenvalue weighted by Crippen LogP contribution is -2.48. The standard InChI is InChI=1S/C24H30N6O2/c1-4-29(5-2)21-11-10-20(16-25-21)24(31)30-14-12-28(13-15-30)17-22-26-23(27-32-22)19-8-6-18(3)7-9-19/h6-11,16H,4-5,12-15,17H2,1-3H3. The van der Waals surface area contributed by atoms with Crippen LogP contribution in [-0.4, -0.2) is 70.1 Å². The van der Waals surface area contributed by atoms with Gasteiger partial charge in [-0.05, 0) is 32.9 Å². The molecule has 0 atom stereocenters. The molecule has 0 aliphatic carbocycles. The molecule has 1 fully saturated rings. The van der Waals surface area contributed by atoms with Gasteiger partial charge in [-0.1, -0.05) is 35.0 Å². The van der Waals surface area contributed by atoms with Gasteiger partial charge in [-0.25, -0.2) is 4.98 Å². The second-order valence-electron chi connectivity index (χ2n) is 8.02. The average molecular weight is 435 g/mol. The molecule has 0 saturated carbocycles. The van der Waals surface area contributed by atoms with Crippen molar-refractivity contribution in [3.63, 3.8) is 0 Å². The first kappa shape index (κ1) is 22.0. The molecule has 1 aromatic carbocycles. The summed E-state index contributed by atoms with van der Waals surface area (Å²) in [5, 5.41) is 4.11. The van der Waals surface area contributed by atoms with Crippen LogP contribution in [0.1, 0.15) is 35.7 Å². The number of hydrogen-bond acceptors (Lipinski definition) is 7. The van der Waals surface area contributed by atoms with Crippen molar-refractivity contribution in [3.8, 4) is 11.4 Å². The minimum absolute atomic E-state index is 0.0303. The fourth-order valence-electron chi connectivity index (χ4n) is 3.87. The molecule has 32 heavy (non-hydrogen) atoms. The lowest BCUT2D eigenvalue weighted by atomic mass is 10.1. The van der Waals surface area contributed by atoms with Crippen molar-refractivity contribution >= 4 is 11.7 Å². The third-order valence-corrected chi connectivity index (χ3v) is 5.88. The van der Waals surface area contributed by atoms with E-state index in [2.05, 4.69) is 38.8 Å². The molecule has 168 valence electrons. The second kappa shape index (κ2) is 9.91. The van der Waals surface area contributed by atoms with Gasteiger partial charge >= 0.3 is 0 Å². The molecule has 4 rings (SSSR count). The Morgan fingerprint density at radius 2 is 1.75 bits per heavy atom. The van der Waals surface area contributed by atoms with Gasteiger partial charge in [0.2, 0.25) is 11.7 Å². The summed E-state index contributed by atoms with van der Waals surface area (Å²) in [6.45, 7) is 11.5. The van der Waals surface area contributed by atoms with Gasteiger partial charge in [0.1, 0.15) is 5.82 Å². The van der Waals surface area contributed by atoms with Crippen LogP contribution in [0.25, 0.3) is 11.4 Å². The Hall–Kier alpha value is -3.26. The molecule has 0 unspecified atom stereocenters. The Bertz CT molecular complexity index is 1020. The molecule has 8 heteroatoms. The molecule has 1 aliphatic rings. The monoisotopic (exact) mass is 434 g/mol. The van der Waals surface area contributed by atoms with E-state index in [-0.39, 0.29) is 5.91 Å². The zero-order valence-corrected chi connectivity index (χ0v) is 19.0. The highest BCUT2D eigenvalue weighted by atomic mass is 16.5. The van der Waals surface area contributed by atoms with Crippen LogP contribution >= 0.6 is 0 Å². The zero-order valence-electron chi connectivity index (χ0n) is 19.0. The highest BCUT2D eigenvalue weighted by molar-refractivity contribution is 5.94. The maximum atomic E-state index is 12.9. The number of aromatic nitrogens is 3. The molecule has 3 aromatic rings. The molecular formula is C24H30N6O2. The molecule has 1 aliphatic heterocycles. The highest BCUT2D eigenvalue weighted by Crippen LogP contribution is 2.18. The first-order valence-corrected chi connectivity index (χ1v) is 11.2. The molecule has 0 bridgehead atoms. The van der Waals surface area contributed by atoms with E-state index >= 15 is 0 Å². The Morgan fingerprint density at radius 1 is 1.03 bits per heavy atom. The van der Waals surface area contributed by atoms with Crippen LogP contribution in [0.4, 0.5) is 5.82 Å². The first-order chi connectivity index (χ1) is 15.6. The van der Waals surface area contributed by atoms with Crippen LogP contribution in [0, 0.1) is 6.92 Å². The number of nitrogens with zero attached hydrogens (tertiary/aromatic N) is 6. The normalized spacial score (nSPS) is 14.5. The van der Waals surface area contributed by atoms with Gasteiger partial charge in [0.15, 0.2) is 0 Å². The second-order valence-corrected chi connectivity index (χ2v) is 8.02. The van der Waals surface area contributed by atoms with E-state index in [1.54, 1.807) is 6.20 Å². The summed E-state index contributed by atoms with van der Waals surface area (Å²) in [4.78, 5) is 28.2. The van der Waals surface area contributed by atoms with Crippen LogP contribution in [0.15, 0.2) is 47.1 Å². The topological polar surface area (TPSA) is 78.6 Å². The predicted octanol–water partition coefficient (Wildman–Crippen LogP) is 3.24. The third-order valence-electron chi connectivity index (χ3n) is 5.88. The van der Waals surface area contributed by atoms with E-state index in [1.165, 1.54) is 5.56 Å². The molecule has 1 amide bonds. The van der Waals surface area contributed by atoms with Gasteiger partial charge < -0.3 is 14.3 Å². The van der Waals surface area contributed by atoms with Crippen molar-refractivity contribution in [2.24, 2.45) is 0 Å². The molecule has 0 N–H and O–H groups in total. The van der Waals surface area contributed by atoms with Crippen LogP contribution in [-0.2, 0) is 6.54 Å². The van der Waals surface area contributed by atoms with Gasteiger partial charge in [-0.15, -0.1) is 0 Å². The van der Waals surface area contributed by atoms with E-state index < -0.39 is 0 Å². The van der Waals surface area contributed by atoms with Gasteiger partial charge in [0, 0.05) is 51.0 Å². The number of anilines is 1. The number of aryl methyl sites for hydroxylation is 1. The minimum Gasteiger partial charge on any atom is -0.357 e. The molecule has 0 spiro atoms. The summed E-state index contributed by atoms with van der Waals surface area (Å²) in [6.07, 6.45) is 1.69. The number of pyridine rings is 1. The summed E-state index contributed by atoms with van der Waals surface area (Å²) in [5.41, 5.74) is 2.77. The maximum absolute atomic E-state index is 12.9. The lowest BCUT2D eigenvalue weighted by molar-refractivity contribution is 0.0614. The van der Waals surface area contributed by atoms with E-state index in [4.69, 9.17) is 4.52 Å². The number of piperazine rings is 1. The molecule has 2 aromatic heterocycles. The maximum Gasteiger partial charge on any atom is 0.255 e. The van der Waals surface area contributed by atoms with Crippen LogP contribution in [0.2, 0.25) is 0 Å². The van der Waals surface area contributed by atoms with Crippen molar-refractivity contribution in [1.82, 2.24) is 24.9 Å². The number of hydrogen-bond donors (Lipinski definition) is 0. The van der Waals surface area contributed by atoms with Crippen LogP contribution < -0.4 is 4.90 Å². The smallest absolute Gasteiger partial charge is 0.255 e. The third kappa shape index (κ3) is 4.96. The predicted molar refractivity (Wildman–Crippen MR) is 123 cm³/mol. The van der Waals surface area contributed by atoms with E-state index in [1.807, 2.05) is 48.2 Å². The number of carbonyl (C=O) groups is 1. The largest absolute Gasteiger partial charge is 0.357 e. The Kier molecular flexibility index (Phi) is 6.80. The van der Waals surface area contributed by atoms with Crippen molar-refractivity contribution in [3.05, 3.63) is 59.6 Å². The van der Waals surface area contributed by atoms with E-state index in [9.17, 15) is 4.79 Å². The molecule has 3 heterocycles. The first-order valence-electron chi connectivity index (χ1n) is 11.2. The van der Waals surface area contributed by atoms with Gasteiger partial charge in [-0.3, -0.25) is 9.69 Å². The summed E-state index contributed by atoms with van der Waals surface area (Å²) < 4.78 is 5.45. The Morgan fingerprint density at radius 3 is 2.38 bits per heavy atom. The quantitative estimate of drug-likeness (QED) is 0.565. The van der Waals surface area contributed by atoms with E-state index in [0.717, 1.165) is 37.6 Å². The fraction of sp³-hybridized carbons (Fsp3) is 0.417. The van der Waals surface area contributed by atoms with Crippen molar-refractivity contribution in [2.45, 2.75) is 27.3 Å². The summed E-state index contributed by atoms with van der Waals surface area (Å²) in [7, 11) is 0. The minimum atomic E-state index is 0.0303. The number of benzene rings is 1. The average Bonchev–Trinajstić information content (AvgIpc) is 3.29. The molecular weight excluding hydrogens is 404 g/mol. The van der Waals surface area contributed by atoms with Crippen molar-refractivity contribution in [2.75, 3.05) is 44.2 Å². The zero-order chi connectivity index (χ0) is 22.5. The molecule has 0 radical (unpaired) electrons. The van der Waals surface area contributed by atoms with Gasteiger partial charge in [0.25, 0.3) is 5.91 Å². The van der Waals surface area contributed by atoms with Gasteiger partial charge in [0.05, 0.1) is 12.1 Å². The number of carbonyl (C=O) groups excluding carboxylic acids is 1. The van der Waals surface area contributed by atoms with Crippen LogP contribution in [0.5, 0.6) is 0 Å². The summed E-state index contributed by atoms with van der Waals surface area (Å²) in [5.74, 6) is 2.13. The lowest BCUT2D eigenvalue weighted by Gasteiger charge is -2.34. The van der Waals surface area contributed by atoms with Gasteiger partial charge in [-0.2, -0.15) is 4.98 Å². The van der Waals surface area contributed by atoms with Crippen molar-refractivity contribution < 1.29 is 9.32 Å². The molecule has 1 saturated heterocycles. The molecule has 8 nitrogen and oxygen atoms in total.